The lowest BCUT2D eigenvalue weighted by molar-refractivity contribution is -0.274. The molecule has 0 unspecified atom stereocenters. The van der Waals surface area contributed by atoms with Crippen molar-refractivity contribution in [1.29, 1.82) is 0 Å². The fourth-order valence-corrected chi connectivity index (χ4v) is 4.16. The summed E-state index contributed by atoms with van der Waals surface area (Å²) in [7, 11) is 1.79. The number of hydrogen-bond acceptors (Lipinski definition) is 5. The van der Waals surface area contributed by atoms with E-state index in [1.165, 1.54) is 24.0 Å². The summed E-state index contributed by atoms with van der Waals surface area (Å²) in [5, 5.41) is 4.13. The third kappa shape index (κ3) is 6.66. The van der Waals surface area contributed by atoms with Gasteiger partial charge >= 0.3 is 6.36 Å². The molecule has 3 aromatic rings. The Labute approximate surface area is 210 Å². The second-order valence-electron chi connectivity index (χ2n) is 8.84. The van der Waals surface area contributed by atoms with Gasteiger partial charge in [0.2, 0.25) is 5.91 Å². The van der Waals surface area contributed by atoms with Crippen LogP contribution >= 0.6 is 0 Å². The molecule has 1 amide bonds. The summed E-state index contributed by atoms with van der Waals surface area (Å²) in [4.78, 5) is 26.3. The number of likely N-dealkylation sites (tertiary alicyclic amines) is 1. The zero-order chi connectivity index (χ0) is 26.7. The van der Waals surface area contributed by atoms with Gasteiger partial charge in [-0.25, -0.2) is 4.39 Å². The van der Waals surface area contributed by atoms with Crippen LogP contribution in [0.2, 0.25) is 0 Å². The van der Waals surface area contributed by atoms with E-state index in [1.54, 1.807) is 36.1 Å². The molecule has 11 heteroatoms. The number of halogens is 4. The number of aryl methyl sites for hydroxylation is 1. The van der Waals surface area contributed by atoms with E-state index in [4.69, 9.17) is 4.74 Å². The van der Waals surface area contributed by atoms with Gasteiger partial charge in [-0.3, -0.25) is 14.3 Å². The maximum absolute atomic E-state index is 15.0. The number of amides is 1. The number of aromatic nitrogens is 2. The minimum Gasteiger partial charge on any atom is -0.486 e. The molecular formula is C26H25F4N3O4. The van der Waals surface area contributed by atoms with Crippen molar-refractivity contribution in [1.82, 2.24) is 14.7 Å². The molecule has 0 bridgehead atoms. The van der Waals surface area contributed by atoms with Crippen molar-refractivity contribution in [3.8, 4) is 22.6 Å². The molecule has 0 aliphatic carbocycles. The van der Waals surface area contributed by atoms with Crippen molar-refractivity contribution in [2.75, 3.05) is 13.1 Å². The zero-order valence-electron chi connectivity index (χ0n) is 20.2. The number of ether oxygens (including phenoxy) is 2. The van der Waals surface area contributed by atoms with Gasteiger partial charge < -0.3 is 14.4 Å². The van der Waals surface area contributed by atoms with Crippen molar-refractivity contribution in [2.24, 2.45) is 7.05 Å². The van der Waals surface area contributed by atoms with Gasteiger partial charge in [-0.05, 0) is 42.3 Å². The van der Waals surface area contributed by atoms with Gasteiger partial charge in [0.15, 0.2) is 12.0 Å². The Morgan fingerprint density at radius 3 is 2.43 bits per heavy atom. The summed E-state index contributed by atoms with van der Waals surface area (Å²) in [5.74, 6) is -0.691. The molecule has 1 fully saturated rings. The summed E-state index contributed by atoms with van der Waals surface area (Å²) in [6.45, 7) is 1.45. The second kappa shape index (κ2) is 10.6. The number of alkyl halides is 4. The van der Waals surface area contributed by atoms with E-state index in [0.717, 1.165) is 23.3 Å². The molecule has 1 aliphatic heterocycles. The van der Waals surface area contributed by atoms with Crippen LogP contribution in [0.3, 0.4) is 0 Å². The monoisotopic (exact) mass is 519 g/mol. The number of benzene rings is 2. The normalized spacial score (nSPS) is 17.9. The van der Waals surface area contributed by atoms with E-state index in [1.807, 2.05) is 6.20 Å². The molecule has 0 N–H and O–H groups in total. The molecule has 1 aliphatic rings. The molecule has 2 heterocycles. The van der Waals surface area contributed by atoms with Crippen LogP contribution in [-0.2, 0) is 18.3 Å². The van der Waals surface area contributed by atoms with Crippen LogP contribution < -0.4 is 9.47 Å². The van der Waals surface area contributed by atoms with E-state index in [9.17, 15) is 22.8 Å². The van der Waals surface area contributed by atoms with Gasteiger partial charge in [-0.1, -0.05) is 18.2 Å². The molecule has 2 atom stereocenters. The predicted octanol–water partition coefficient (Wildman–Crippen LogP) is 4.75. The number of rotatable bonds is 7. The highest BCUT2D eigenvalue weighted by Crippen LogP contribution is 2.30. The minimum atomic E-state index is -4.80. The second-order valence-corrected chi connectivity index (χ2v) is 8.84. The third-order valence-electron chi connectivity index (χ3n) is 6.02. The van der Waals surface area contributed by atoms with Crippen LogP contribution in [-0.4, -0.2) is 58.1 Å². The molecule has 1 aromatic heterocycles. The Hall–Kier alpha value is -3.89. The molecule has 0 spiro atoms. The average molecular weight is 519 g/mol. The van der Waals surface area contributed by atoms with E-state index in [2.05, 4.69) is 9.84 Å². The number of nitrogens with zero attached hydrogens (tertiary/aromatic N) is 3. The molecule has 2 aromatic carbocycles. The molecular weight excluding hydrogens is 494 g/mol. The number of Topliss-reactive ketones (excluding diaryl/α,β-unsaturated/α-hetero) is 1. The first-order valence-electron chi connectivity index (χ1n) is 11.6. The lowest BCUT2D eigenvalue weighted by Crippen LogP contribution is -2.49. The highest BCUT2D eigenvalue weighted by atomic mass is 19.4. The van der Waals surface area contributed by atoms with Crippen LogP contribution in [0.5, 0.6) is 11.5 Å². The van der Waals surface area contributed by atoms with Crippen LogP contribution in [0.1, 0.15) is 29.3 Å². The standard InChI is InChI=1S/C26H25F4N3O4/c1-16(34)21-12-18(19-13-31-32(2)14-19)5-8-23(21)36-24-9-10-33(15-22(24)27)25(35)11-17-3-6-20(7-4-17)37-26(28,29)30/h3-8,12-14,22,24H,9-11,15H2,1-2H3/t22-,24+/m1/s1. The first kappa shape index (κ1) is 26.2. The smallest absolute Gasteiger partial charge is 0.486 e. The van der Waals surface area contributed by atoms with Crippen LogP contribution in [0.25, 0.3) is 11.1 Å². The van der Waals surface area contributed by atoms with Crippen molar-refractivity contribution < 1.29 is 36.6 Å². The highest BCUT2D eigenvalue weighted by molar-refractivity contribution is 5.98. The molecule has 4 rings (SSSR count). The number of hydrogen-bond donors (Lipinski definition) is 0. The predicted molar refractivity (Wildman–Crippen MR) is 126 cm³/mol. The fourth-order valence-electron chi connectivity index (χ4n) is 4.16. The van der Waals surface area contributed by atoms with Gasteiger partial charge in [0.25, 0.3) is 0 Å². The maximum Gasteiger partial charge on any atom is 0.573 e. The number of carbonyl (C=O) groups is 2. The summed E-state index contributed by atoms with van der Waals surface area (Å²) >= 11 is 0. The van der Waals surface area contributed by atoms with E-state index >= 15 is 4.39 Å². The van der Waals surface area contributed by atoms with Gasteiger partial charge in [0.1, 0.15) is 17.6 Å². The molecule has 37 heavy (non-hydrogen) atoms. The van der Waals surface area contributed by atoms with Gasteiger partial charge in [0, 0.05) is 31.8 Å². The molecule has 7 nitrogen and oxygen atoms in total. The Morgan fingerprint density at radius 2 is 1.84 bits per heavy atom. The number of ketones is 1. The van der Waals surface area contributed by atoms with Crippen molar-refractivity contribution in [3.05, 3.63) is 66.0 Å². The molecule has 0 radical (unpaired) electrons. The minimum absolute atomic E-state index is 0.0885. The van der Waals surface area contributed by atoms with E-state index < -0.39 is 18.6 Å². The number of piperidine rings is 1. The lowest BCUT2D eigenvalue weighted by Gasteiger charge is -2.35. The Kier molecular flexibility index (Phi) is 7.51. The maximum atomic E-state index is 15.0. The van der Waals surface area contributed by atoms with Gasteiger partial charge in [-0.15, -0.1) is 13.2 Å². The van der Waals surface area contributed by atoms with Crippen molar-refractivity contribution in [2.45, 2.75) is 38.4 Å². The van der Waals surface area contributed by atoms with E-state index in [-0.39, 0.29) is 49.1 Å². The highest BCUT2D eigenvalue weighted by Gasteiger charge is 2.34. The van der Waals surface area contributed by atoms with Crippen LogP contribution in [0, 0.1) is 0 Å². The lowest BCUT2D eigenvalue weighted by atomic mass is 10.0. The summed E-state index contributed by atoms with van der Waals surface area (Å²) in [6, 6.07) is 10.1. The van der Waals surface area contributed by atoms with Crippen LogP contribution in [0.15, 0.2) is 54.9 Å². The third-order valence-corrected chi connectivity index (χ3v) is 6.02. The average Bonchev–Trinajstić information content (AvgIpc) is 3.27. The topological polar surface area (TPSA) is 73.7 Å². The fraction of sp³-hybridized carbons (Fsp3) is 0.346. The Bertz CT molecular complexity index is 1270. The first-order valence-corrected chi connectivity index (χ1v) is 11.6. The number of carbonyl (C=O) groups excluding carboxylic acids is 2. The largest absolute Gasteiger partial charge is 0.573 e. The Balaban J connectivity index is 1.37. The SMILES string of the molecule is CC(=O)c1cc(-c2cnn(C)c2)ccc1O[C@H]1CCN(C(=O)Cc2ccc(OC(F)(F)F)cc2)C[C@H]1F. The van der Waals surface area contributed by atoms with E-state index in [0.29, 0.717) is 11.1 Å². The Morgan fingerprint density at radius 1 is 1.11 bits per heavy atom. The molecule has 0 saturated carbocycles. The quantitative estimate of drug-likeness (QED) is 0.333. The molecule has 196 valence electrons. The van der Waals surface area contributed by atoms with Crippen molar-refractivity contribution in [3.63, 3.8) is 0 Å². The van der Waals surface area contributed by atoms with Gasteiger partial charge in [0.05, 0.1) is 24.7 Å². The summed E-state index contributed by atoms with van der Waals surface area (Å²) in [6.07, 6.45) is -3.51. The zero-order valence-corrected chi connectivity index (χ0v) is 20.2. The summed E-state index contributed by atoms with van der Waals surface area (Å²) in [5.41, 5.74) is 2.41. The first-order chi connectivity index (χ1) is 17.5. The molecule has 1 saturated heterocycles. The van der Waals surface area contributed by atoms with Gasteiger partial charge in [-0.2, -0.15) is 5.10 Å². The summed E-state index contributed by atoms with van der Waals surface area (Å²) < 4.78 is 63.3. The van der Waals surface area contributed by atoms with Crippen LogP contribution in [0.4, 0.5) is 17.6 Å². The van der Waals surface area contributed by atoms with Crippen molar-refractivity contribution >= 4 is 11.7 Å².